The molecule has 0 aliphatic carbocycles. The SMILES string of the molecule is CC(C)(C=CC(=O)O)Nc1nc(-c2ccc(C#N)cc2)cs1. The van der Waals surface area contributed by atoms with Gasteiger partial charge in [-0.3, -0.25) is 0 Å². The minimum Gasteiger partial charge on any atom is -0.478 e. The van der Waals surface area contributed by atoms with E-state index in [1.165, 1.54) is 11.3 Å². The Morgan fingerprint density at radius 2 is 2.09 bits per heavy atom. The first-order valence-corrected chi connectivity index (χ1v) is 7.44. The van der Waals surface area contributed by atoms with Gasteiger partial charge in [-0.05, 0) is 26.0 Å². The number of nitrogens with zero attached hydrogens (tertiary/aromatic N) is 2. The third-order valence-electron chi connectivity index (χ3n) is 2.89. The molecule has 0 saturated heterocycles. The number of carboxylic acids is 1. The highest BCUT2D eigenvalue weighted by molar-refractivity contribution is 7.14. The fourth-order valence-electron chi connectivity index (χ4n) is 1.78. The van der Waals surface area contributed by atoms with Crippen LogP contribution in [0.2, 0.25) is 0 Å². The molecule has 0 spiro atoms. The maximum atomic E-state index is 10.6. The van der Waals surface area contributed by atoms with Gasteiger partial charge in [0.05, 0.1) is 22.9 Å². The normalized spacial score (nSPS) is 11.3. The number of aliphatic carboxylic acids is 1. The Labute approximate surface area is 132 Å². The average Bonchev–Trinajstić information content (AvgIpc) is 2.93. The number of hydrogen-bond donors (Lipinski definition) is 2. The van der Waals surface area contributed by atoms with E-state index in [-0.39, 0.29) is 0 Å². The van der Waals surface area contributed by atoms with E-state index < -0.39 is 11.5 Å². The number of carbonyl (C=O) groups is 1. The van der Waals surface area contributed by atoms with Gasteiger partial charge in [0, 0.05) is 17.0 Å². The molecule has 1 heterocycles. The van der Waals surface area contributed by atoms with E-state index in [0.29, 0.717) is 10.7 Å². The van der Waals surface area contributed by atoms with E-state index in [1.807, 2.05) is 31.4 Å². The number of aromatic nitrogens is 1. The third kappa shape index (κ3) is 4.17. The second-order valence-corrected chi connectivity index (χ2v) is 6.10. The maximum absolute atomic E-state index is 10.6. The van der Waals surface area contributed by atoms with Crippen LogP contribution in [0.1, 0.15) is 19.4 Å². The van der Waals surface area contributed by atoms with Crippen LogP contribution in [0.15, 0.2) is 41.8 Å². The zero-order chi connectivity index (χ0) is 16.2. The molecule has 0 amide bonds. The molecule has 0 aliphatic heterocycles. The van der Waals surface area contributed by atoms with Crippen LogP contribution in [0.25, 0.3) is 11.3 Å². The first-order chi connectivity index (χ1) is 10.4. The average molecular weight is 313 g/mol. The van der Waals surface area contributed by atoms with Crippen molar-refractivity contribution >= 4 is 22.4 Å². The van der Waals surface area contributed by atoms with Crippen molar-refractivity contribution in [3.05, 3.63) is 47.4 Å². The first kappa shape index (κ1) is 15.7. The van der Waals surface area contributed by atoms with Gasteiger partial charge in [-0.15, -0.1) is 11.3 Å². The first-order valence-electron chi connectivity index (χ1n) is 6.56. The van der Waals surface area contributed by atoms with E-state index in [0.717, 1.165) is 17.3 Å². The van der Waals surface area contributed by atoms with Crippen molar-refractivity contribution in [1.29, 1.82) is 5.26 Å². The summed E-state index contributed by atoms with van der Waals surface area (Å²) < 4.78 is 0. The van der Waals surface area contributed by atoms with Crippen LogP contribution in [0, 0.1) is 11.3 Å². The van der Waals surface area contributed by atoms with Gasteiger partial charge >= 0.3 is 5.97 Å². The lowest BCUT2D eigenvalue weighted by atomic mass is 10.1. The van der Waals surface area contributed by atoms with Crippen LogP contribution in [-0.2, 0) is 4.79 Å². The summed E-state index contributed by atoms with van der Waals surface area (Å²) in [7, 11) is 0. The highest BCUT2D eigenvalue weighted by Crippen LogP contribution is 2.27. The predicted octanol–water partition coefficient (Wildman–Crippen LogP) is 3.51. The lowest BCUT2D eigenvalue weighted by Gasteiger charge is -2.21. The van der Waals surface area contributed by atoms with Crippen molar-refractivity contribution in [3.8, 4) is 17.3 Å². The van der Waals surface area contributed by atoms with Crippen molar-refractivity contribution < 1.29 is 9.90 Å². The summed E-state index contributed by atoms with van der Waals surface area (Å²) in [5.41, 5.74) is 1.84. The molecule has 0 unspecified atom stereocenters. The predicted molar refractivity (Wildman–Crippen MR) is 86.7 cm³/mol. The zero-order valence-electron chi connectivity index (χ0n) is 12.2. The van der Waals surface area contributed by atoms with Gasteiger partial charge in [-0.1, -0.05) is 18.2 Å². The molecule has 1 aromatic heterocycles. The second kappa shape index (κ2) is 6.41. The molecular formula is C16H15N3O2S. The van der Waals surface area contributed by atoms with Gasteiger partial charge in [0.25, 0.3) is 0 Å². The highest BCUT2D eigenvalue weighted by Gasteiger charge is 2.16. The molecular weight excluding hydrogens is 298 g/mol. The molecule has 2 N–H and O–H groups in total. The number of benzene rings is 1. The van der Waals surface area contributed by atoms with E-state index in [9.17, 15) is 4.79 Å². The summed E-state index contributed by atoms with van der Waals surface area (Å²) in [5, 5.41) is 23.3. The van der Waals surface area contributed by atoms with Crippen molar-refractivity contribution in [2.24, 2.45) is 0 Å². The molecule has 0 saturated carbocycles. The Kier molecular flexibility index (Phi) is 4.59. The Morgan fingerprint density at radius 1 is 1.41 bits per heavy atom. The summed E-state index contributed by atoms with van der Waals surface area (Å²) >= 11 is 1.45. The Bertz CT molecular complexity index is 739. The Hall–Kier alpha value is -2.65. The van der Waals surface area contributed by atoms with Crippen LogP contribution >= 0.6 is 11.3 Å². The van der Waals surface area contributed by atoms with E-state index >= 15 is 0 Å². The molecule has 0 aliphatic rings. The number of carboxylic acid groups (broad SMARTS) is 1. The molecule has 5 nitrogen and oxygen atoms in total. The Balaban J connectivity index is 2.14. The molecule has 1 aromatic carbocycles. The number of anilines is 1. The second-order valence-electron chi connectivity index (χ2n) is 5.25. The quantitative estimate of drug-likeness (QED) is 0.825. The minimum absolute atomic E-state index is 0.516. The van der Waals surface area contributed by atoms with Crippen LogP contribution < -0.4 is 5.32 Å². The number of rotatable bonds is 5. The van der Waals surface area contributed by atoms with Crippen LogP contribution in [0.3, 0.4) is 0 Å². The molecule has 0 atom stereocenters. The van der Waals surface area contributed by atoms with Crippen molar-refractivity contribution in [1.82, 2.24) is 4.98 Å². The molecule has 6 heteroatoms. The van der Waals surface area contributed by atoms with Gasteiger partial charge in [-0.25, -0.2) is 9.78 Å². The van der Waals surface area contributed by atoms with Crippen LogP contribution in [0.4, 0.5) is 5.13 Å². The van der Waals surface area contributed by atoms with Crippen molar-refractivity contribution in [2.45, 2.75) is 19.4 Å². The van der Waals surface area contributed by atoms with Gasteiger partial charge in [0.2, 0.25) is 0 Å². The summed E-state index contributed by atoms with van der Waals surface area (Å²) in [6.07, 6.45) is 2.69. The zero-order valence-corrected chi connectivity index (χ0v) is 13.0. The highest BCUT2D eigenvalue weighted by atomic mass is 32.1. The lowest BCUT2D eigenvalue weighted by molar-refractivity contribution is -0.131. The van der Waals surface area contributed by atoms with E-state index in [4.69, 9.17) is 10.4 Å². The van der Waals surface area contributed by atoms with E-state index in [2.05, 4.69) is 16.4 Å². The van der Waals surface area contributed by atoms with Crippen LogP contribution in [0.5, 0.6) is 0 Å². The minimum atomic E-state index is -0.979. The van der Waals surface area contributed by atoms with Crippen LogP contribution in [-0.4, -0.2) is 21.6 Å². The molecule has 2 rings (SSSR count). The molecule has 2 aromatic rings. The fraction of sp³-hybridized carbons (Fsp3) is 0.188. The summed E-state index contributed by atoms with van der Waals surface area (Å²) in [6, 6.07) is 9.29. The molecule has 22 heavy (non-hydrogen) atoms. The smallest absolute Gasteiger partial charge is 0.328 e. The summed E-state index contributed by atoms with van der Waals surface area (Å²) in [6.45, 7) is 3.74. The maximum Gasteiger partial charge on any atom is 0.328 e. The third-order valence-corrected chi connectivity index (χ3v) is 3.64. The molecule has 112 valence electrons. The van der Waals surface area contributed by atoms with E-state index in [1.54, 1.807) is 18.2 Å². The van der Waals surface area contributed by atoms with Crippen molar-refractivity contribution in [3.63, 3.8) is 0 Å². The fourth-order valence-corrected chi connectivity index (χ4v) is 2.66. The molecule has 0 radical (unpaired) electrons. The number of nitrogens with one attached hydrogen (secondary N) is 1. The largest absolute Gasteiger partial charge is 0.478 e. The van der Waals surface area contributed by atoms with Gasteiger partial charge in [0.1, 0.15) is 0 Å². The number of nitriles is 1. The summed E-state index contributed by atoms with van der Waals surface area (Å²) in [5.74, 6) is -0.979. The number of hydrogen-bond acceptors (Lipinski definition) is 5. The topological polar surface area (TPSA) is 86.0 Å². The van der Waals surface area contributed by atoms with Gasteiger partial charge in [0.15, 0.2) is 5.13 Å². The van der Waals surface area contributed by atoms with Gasteiger partial charge < -0.3 is 10.4 Å². The lowest BCUT2D eigenvalue weighted by Crippen LogP contribution is -2.28. The Morgan fingerprint density at radius 3 is 2.68 bits per heavy atom. The molecule has 0 bridgehead atoms. The number of thiazole rings is 1. The standard InChI is InChI=1S/C16H15N3O2S/c1-16(2,8-7-14(20)21)19-15-18-13(10-22-15)12-5-3-11(9-17)4-6-12/h3-8,10H,1-2H3,(H,18,19)(H,20,21). The summed E-state index contributed by atoms with van der Waals surface area (Å²) in [4.78, 5) is 15.1. The molecule has 0 fully saturated rings. The van der Waals surface area contributed by atoms with Crippen molar-refractivity contribution in [2.75, 3.05) is 5.32 Å². The van der Waals surface area contributed by atoms with Gasteiger partial charge in [-0.2, -0.15) is 5.26 Å². The monoisotopic (exact) mass is 313 g/mol.